The van der Waals surface area contributed by atoms with Gasteiger partial charge in [-0.1, -0.05) is 13.0 Å². The smallest absolute Gasteiger partial charge is 0.260 e. The van der Waals surface area contributed by atoms with Gasteiger partial charge in [0.05, 0.1) is 6.20 Å². The van der Waals surface area contributed by atoms with Crippen LogP contribution in [0.15, 0.2) is 35.4 Å². The molecule has 1 fully saturated rings. The standard InChI is InChI=1S/C22H30N6O2S/c1-3-17-14-24-28-19(23-13-16-7-8-21(30)27(15-16)31-2)12-20(25-22(17)28)26-10-5-4-6-18(26)9-11-29/h7-8,12,14-15,18,23,29H,3-6,9-11,13H2,1-2H3. The van der Waals surface area contributed by atoms with Crippen LogP contribution in [0.4, 0.5) is 11.6 Å². The number of anilines is 2. The molecule has 31 heavy (non-hydrogen) atoms. The Kier molecular flexibility index (Phi) is 6.82. The van der Waals surface area contributed by atoms with Gasteiger partial charge in [-0.2, -0.15) is 9.61 Å². The maximum absolute atomic E-state index is 11.9. The van der Waals surface area contributed by atoms with Crippen molar-refractivity contribution >= 4 is 29.2 Å². The zero-order valence-corrected chi connectivity index (χ0v) is 18.9. The quantitative estimate of drug-likeness (QED) is 0.555. The van der Waals surface area contributed by atoms with Crippen LogP contribution in [0.2, 0.25) is 0 Å². The second-order valence-electron chi connectivity index (χ2n) is 7.85. The van der Waals surface area contributed by atoms with Gasteiger partial charge in [0.25, 0.3) is 5.56 Å². The minimum Gasteiger partial charge on any atom is -0.396 e. The number of aromatic nitrogens is 4. The molecule has 1 saturated heterocycles. The molecule has 4 rings (SSSR count). The van der Waals surface area contributed by atoms with Gasteiger partial charge in [0.1, 0.15) is 11.6 Å². The average molecular weight is 443 g/mol. The van der Waals surface area contributed by atoms with Crippen LogP contribution in [-0.4, -0.2) is 49.1 Å². The molecule has 0 saturated carbocycles. The highest BCUT2D eigenvalue weighted by molar-refractivity contribution is 7.97. The first-order valence-corrected chi connectivity index (χ1v) is 12.1. The van der Waals surface area contributed by atoms with Gasteiger partial charge in [0, 0.05) is 55.9 Å². The Hall–Kier alpha value is -2.52. The Bertz CT molecular complexity index is 1090. The summed E-state index contributed by atoms with van der Waals surface area (Å²) in [5, 5.41) is 17.6. The summed E-state index contributed by atoms with van der Waals surface area (Å²) in [5.41, 5.74) is 2.96. The van der Waals surface area contributed by atoms with Crippen molar-refractivity contribution < 1.29 is 5.11 Å². The topological polar surface area (TPSA) is 87.7 Å². The van der Waals surface area contributed by atoms with Crippen molar-refractivity contribution in [2.24, 2.45) is 0 Å². The molecule has 0 amide bonds. The summed E-state index contributed by atoms with van der Waals surface area (Å²) in [6, 6.07) is 5.81. The number of fused-ring (bicyclic) bond motifs is 1. The summed E-state index contributed by atoms with van der Waals surface area (Å²) < 4.78 is 3.48. The van der Waals surface area contributed by atoms with Crippen molar-refractivity contribution in [1.82, 2.24) is 18.6 Å². The summed E-state index contributed by atoms with van der Waals surface area (Å²) in [6.07, 6.45) is 10.6. The van der Waals surface area contributed by atoms with E-state index in [9.17, 15) is 9.90 Å². The van der Waals surface area contributed by atoms with E-state index in [1.807, 2.05) is 29.2 Å². The van der Waals surface area contributed by atoms with Crippen molar-refractivity contribution in [3.05, 3.63) is 52.1 Å². The Morgan fingerprint density at radius 1 is 1.32 bits per heavy atom. The van der Waals surface area contributed by atoms with E-state index >= 15 is 0 Å². The van der Waals surface area contributed by atoms with Crippen LogP contribution in [0.3, 0.4) is 0 Å². The molecule has 1 unspecified atom stereocenters. The largest absolute Gasteiger partial charge is 0.396 e. The maximum Gasteiger partial charge on any atom is 0.260 e. The van der Waals surface area contributed by atoms with Crippen molar-refractivity contribution in [3.8, 4) is 0 Å². The Balaban J connectivity index is 1.68. The van der Waals surface area contributed by atoms with Gasteiger partial charge in [0.15, 0.2) is 5.65 Å². The monoisotopic (exact) mass is 442 g/mol. The predicted molar refractivity (Wildman–Crippen MR) is 126 cm³/mol. The third-order valence-electron chi connectivity index (χ3n) is 5.91. The second-order valence-corrected chi connectivity index (χ2v) is 8.61. The third kappa shape index (κ3) is 4.57. The molecule has 1 aliphatic rings. The van der Waals surface area contributed by atoms with E-state index in [0.29, 0.717) is 12.6 Å². The lowest BCUT2D eigenvalue weighted by Gasteiger charge is -2.36. The molecule has 3 aromatic rings. The van der Waals surface area contributed by atoms with Crippen molar-refractivity contribution in [2.45, 2.75) is 51.6 Å². The summed E-state index contributed by atoms with van der Waals surface area (Å²) in [6.45, 7) is 3.81. The van der Waals surface area contributed by atoms with Crippen LogP contribution in [0, 0.1) is 0 Å². The number of piperidine rings is 1. The number of aliphatic hydroxyl groups excluding tert-OH is 1. The second kappa shape index (κ2) is 9.74. The van der Waals surface area contributed by atoms with Crippen molar-refractivity contribution in [2.75, 3.05) is 29.6 Å². The molecular formula is C22H30N6O2S. The van der Waals surface area contributed by atoms with Gasteiger partial charge < -0.3 is 15.3 Å². The minimum atomic E-state index is -0.0236. The number of nitrogens with zero attached hydrogens (tertiary/aromatic N) is 5. The van der Waals surface area contributed by atoms with Crippen LogP contribution >= 0.6 is 11.9 Å². The lowest BCUT2D eigenvalue weighted by atomic mass is 9.99. The van der Waals surface area contributed by atoms with E-state index in [2.05, 4.69) is 28.3 Å². The zero-order chi connectivity index (χ0) is 21.8. The van der Waals surface area contributed by atoms with Gasteiger partial charge in [-0.25, -0.2) is 4.98 Å². The summed E-state index contributed by atoms with van der Waals surface area (Å²) >= 11 is 1.39. The van der Waals surface area contributed by atoms with Crippen LogP contribution in [-0.2, 0) is 13.0 Å². The van der Waals surface area contributed by atoms with Gasteiger partial charge in [-0.05, 0) is 49.6 Å². The van der Waals surface area contributed by atoms with Crippen molar-refractivity contribution in [3.63, 3.8) is 0 Å². The molecule has 4 heterocycles. The number of hydrogen-bond acceptors (Lipinski definition) is 7. The van der Waals surface area contributed by atoms with E-state index < -0.39 is 0 Å². The fraction of sp³-hybridized carbons (Fsp3) is 0.500. The first-order valence-electron chi connectivity index (χ1n) is 10.9. The van der Waals surface area contributed by atoms with E-state index in [1.165, 1.54) is 18.4 Å². The molecule has 2 N–H and O–H groups in total. The Morgan fingerprint density at radius 2 is 2.19 bits per heavy atom. The number of aryl methyl sites for hydroxylation is 1. The third-order valence-corrected chi connectivity index (χ3v) is 6.59. The normalized spacial score (nSPS) is 16.7. The molecule has 1 aliphatic heterocycles. The molecule has 8 nitrogen and oxygen atoms in total. The van der Waals surface area contributed by atoms with Crippen LogP contribution in [0.5, 0.6) is 0 Å². The summed E-state index contributed by atoms with van der Waals surface area (Å²) in [7, 11) is 0. The maximum atomic E-state index is 11.9. The van der Waals surface area contributed by atoms with Crippen LogP contribution < -0.4 is 15.8 Å². The molecular weight excluding hydrogens is 412 g/mol. The first-order chi connectivity index (χ1) is 15.1. The Morgan fingerprint density at radius 3 is 2.97 bits per heavy atom. The van der Waals surface area contributed by atoms with E-state index in [4.69, 9.17) is 4.98 Å². The minimum absolute atomic E-state index is 0.0236. The molecule has 0 radical (unpaired) electrons. The lowest BCUT2D eigenvalue weighted by Crippen LogP contribution is -2.40. The predicted octanol–water partition coefficient (Wildman–Crippen LogP) is 2.93. The Labute approximate surface area is 186 Å². The highest BCUT2D eigenvalue weighted by Gasteiger charge is 2.24. The van der Waals surface area contributed by atoms with Gasteiger partial charge in [-0.15, -0.1) is 0 Å². The molecule has 9 heteroatoms. The highest BCUT2D eigenvalue weighted by atomic mass is 32.2. The molecule has 1 atom stereocenters. The van der Waals surface area contributed by atoms with E-state index in [0.717, 1.165) is 60.6 Å². The molecule has 0 aromatic carbocycles. The van der Waals surface area contributed by atoms with Gasteiger partial charge in [0.2, 0.25) is 0 Å². The SMILES string of the molecule is CCc1cnn2c(NCc3ccc(=O)n(SC)c3)cc(N3CCCCC3CCO)nc12. The lowest BCUT2D eigenvalue weighted by molar-refractivity contribution is 0.262. The van der Waals surface area contributed by atoms with E-state index in [-0.39, 0.29) is 12.2 Å². The van der Waals surface area contributed by atoms with Gasteiger partial charge >= 0.3 is 0 Å². The summed E-state index contributed by atoms with van der Waals surface area (Å²) in [4.78, 5) is 19.2. The molecule has 0 spiro atoms. The van der Waals surface area contributed by atoms with Crippen LogP contribution in [0.25, 0.3) is 5.65 Å². The number of rotatable bonds is 8. The number of pyridine rings is 1. The van der Waals surface area contributed by atoms with Crippen molar-refractivity contribution in [1.29, 1.82) is 0 Å². The van der Waals surface area contributed by atoms with Gasteiger partial charge in [-0.3, -0.25) is 8.77 Å². The number of hydrogen-bond donors (Lipinski definition) is 2. The highest BCUT2D eigenvalue weighted by Crippen LogP contribution is 2.29. The molecule has 0 aliphatic carbocycles. The average Bonchev–Trinajstić information content (AvgIpc) is 3.22. The fourth-order valence-electron chi connectivity index (χ4n) is 4.22. The number of nitrogens with one attached hydrogen (secondary N) is 1. The zero-order valence-electron chi connectivity index (χ0n) is 18.1. The number of aliphatic hydroxyl groups is 1. The molecule has 3 aromatic heterocycles. The fourth-order valence-corrected chi connectivity index (χ4v) is 4.70. The molecule has 166 valence electrons. The van der Waals surface area contributed by atoms with Crippen LogP contribution in [0.1, 0.15) is 43.7 Å². The first kappa shape index (κ1) is 21.7. The summed E-state index contributed by atoms with van der Waals surface area (Å²) in [5.74, 6) is 1.80. The molecule has 0 bridgehead atoms. The van der Waals surface area contributed by atoms with E-state index in [1.54, 1.807) is 10.0 Å².